The summed E-state index contributed by atoms with van der Waals surface area (Å²) in [7, 11) is 0. The van der Waals surface area contributed by atoms with Crippen molar-refractivity contribution >= 4 is 5.97 Å². The van der Waals surface area contributed by atoms with Gasteiger partial charge >= 0.3 is 5.97 Å². The highest BCUT2D eigenvalue weighted by Crippen LogP contribution is 2.12. The van der Waals surface area contributed by atoms with E-state index in [1.807, 2.05) is 0 Å². The zero-order valence-electron chi connectivity index (χ0n) is 8.58. The normalized spacial score (nSPS) is 12.6. The van der Waals surface area contributed by atoms with Gasteiger partial charge in [0.1, 0.15) is 6.10 Å². The molecule has 0 aromatic rings. The number of hydrogen-bond donors (Lipinski definition) is 0. The lowest BCUT2D eigenvalue weighted by Gasteiger charge is -2.15. The van der Waals surface area contributed by atoms with Crippen LogP contribution in [0.1, 0.15) is 33.6 Å². The van der Waals surface area contributed by atoms with E-state index in [2.05, 4.69) is 25.3 Å². The Morgan fingerprint density at radius 3 is 2.54 bits per heavy atom. The van der Waals surface area contributed by atoms with Gasteiger partial charge in [0.2, 0.25) is 0 Å². The minimum Gasteiger partial charge on any atom is -0.298 e. The quantitative estimate of drug-likeness (QED) is 0.363. The van der Waals surface area contributed by atoms with Crippen molar-refractivity contribution in [2.45, 2.75) is 39.7 Å². The highest BCUT2D eigenvalue weighted by Gasteiger charge is 2.12. The number of carbonyl (C=O) groups excluding carboxylic acids is 1. The van der Waals surface area contributed by atoms with Gasteiger partial charge in [-0.1, -0.05) is 19.9 Å². The minimum atomic E-state index is -0.419. The van der Waals surface area contributed by atoms with Crippen LogP contribution in [-0.2, 0) is 14.6 Å². The molecule has 0 rings (SSSR count). The first-order valence-corrected chi connectivity index (χ1v) is 4.51. The molecule has 76 valence electrons. The van der Waals surface area contributed by atoms with Crippen LogP contribution in [0.4, 0.5) is 0 Å². The lowest BCUT2D eigenvalue weighted by atomic mass is 10.0. The highest BCUT2D eigenvalue weighted by atomic mass is 17.2. The van der Waals surface area contributed by atoms with Gasteiger partial charge in [0.25, 0.3) is 0 Å². The summed E-state index contributed by atoms with van der Waals surface area (Å²) >= 11 is 0. The summed E-state index contributed by atoms with van der Waals surface area (Å²) in [6.45, 7) is 9.12. The number of carbonyl (C=O) groups is 1. The molecule has 3 nitrogen and oxygen atoms in total. The van der Waals surface area contributed by atoms with Crippen LogP contribution < -0.4 is 0 Å². The predicted octanol–water partition coefficient (Wildman–Crippen LogP) is 2.47. The summed E-state index contributed by atoms with van der Waals surface area (Å²) in [5, 5.41) is 0. The first kappa shape index (κ1) is 12.2. The van der Waals surface area contributed by atoms with E-state index in [0.29, 0.717) is 12.3 Å². The van der Waals surface area contributed by atoms with Gasteiger partial charge in [-0.15, -0.1) is 6.58 Å². The topological polar surface area (TPSA) is 35.5 Å². The minimum absolute atomic E-state index is 0.0681. The number of hydrogen-bond acceptors (Lipinski definition) is 3. The Balaban J connectivity index is 3.79. The smallest absolute Gasteiger partial charge is 0.298 e. The van der Waals surface area contributed by atoms with Crippen molar-refractivity contribution in [3.05, 3.63) is 12.7 Å². The molecule has 0 aliphatic heterocycles. The number of rotatable bonds is 6. The van der Waals surface area contributed by atoms with Gasteiger partial charge in [-0.05, 0) is 18.8 Å². The molecule has 0 spiro atoms. The van der Waals surface area contributed by atoms with E-state index in [-0.39, 0.29) is 6.10 Å². The van der Waals surface area contributed by atoms with E-state index in [0.717, 1.165) is 6.42 Å². The Morgan fingerprint density at radius 2 is 2.15 bits per heavy atom. The van der Waals surface area contributed by atoms with Crippen molar-refractivity contribution < 1.29 is 14.6 Å². The summed E-state index contributed by atoms with van der Waals surface area (Å²) in [4.78, 5) is 19.9. The van der Waals surface area contributed by atoms with Gasteiger partial charge in [-0.3, -0.25) is 4.89 Å². The van der Waals surface area contributed by atoms with Gasteiger partial charge in [-0.2, -0.15) is 4.89 Å². The maximum atomic E-state index is 10.5. The molecule has 0 aliphatic rings. The van der Waals surface area contributed by atoms with E-state index in [1.165, 1.54) is 6.92 Å². The second kappa shape index (κ2) is 6.66. The zero-order valence-corrected chi connectivity index (χ0v) is 8.58. The molecule has 13 heavy (non-hydrogen) atoms. The Bertz CT molecular complexity index is 164. The Morgan fingerprint density at radius 1 is 1.54 bits per heavy atom. The molecule has 0 N–H and O–H groups in total. The monoisotopic (exact) mass is 186 g/mol. The second-order valence-electron chi connectivity index (χ2n) is 3.45. The molecule has 0 bridgehead atoms. The van der Waals surface area contributed by atoms with Crippen LogP contribution in [0, 0.1) is 5.92 Å². The maximum Gasteiger partial charge on any atom is 0.339 e. The van der Waals surface area contributed by atoms with Crippen LogP contribution in [0.25, 0.3) is 0 Å². The molecule has 0 amide bonds. The molecule has 3 heteroatoms. The maximum absolute atomic E-state index is 10.5. The lowest BCUT2D eigenvalue weighted by Crippen LogP contribution is -2.16. The third-order valence-electron chi connectivity index (χ3n) is 1.47. The molecule has 0 aliphatic carbocycles. The summed E-state index contributed by atoms with van der Waals surface area (Å²) in [5.41, 5.74) is 0. The van der Waals surface area contributed by atoms with Crippen LogP contribution in [0.3, 0.4) is 0 Å². The highest BCUT2D eigenvalue weighted by molar-refractivity contribution is 5.65. The molecule has 0 aromatic heterocycles. The fourth-order valence-electron chi connectivity index (χ4n) is 1.02. The average Bonchev–Trinajstić information content (AvgIpc) is 1.99. The third-order valence-corrected chi connectivity index (χ3v) is 1.47. The van der Waals surface area contributed by atoms with Crippen molar-refractivity contribution in [2.75, 3.05) is 0 Å². The summed E-state index contributed by atoms with van der Waals surface area (Å²) < 4.78 is 0. The molecule has 0 heterocycles. The molecule has 0 aromatic carbocycles. The van der Waals surface area contributed by atoms with Crippen LogP contribution >= 0.6 is 0 Å². The largest absolute Gasteiger partial charge is 0.339 e. The van der Waals surface area contributed by atoms with Crippen molar-refractivity contribution in [2.24, 2.45) is 5.92 Å². The molecule has 0 saturated carbocycles. The molecule has 0 radical (unpaired) electrons. The van der Waals surface area contributed by atoms with Crippen LogP contribution in [-0.4, -0.2) is 12.1 Å². The van der Waals surface area contributed by atoms with E-state index >= 15 is 0 Å². The van der Waals surface area contributed by atoms with Crippen molar-refractivity contribution in [1.82, 2.24) is 0 Å². The Kier molecular flexibility index (Phi) is 6.24. The zero-order chi connectivity index (χ0) is 10.3. The molecule has 1 atom stereocenters. The van der Waals surface area contributed by atoms with Gasteiger partial charge < -0.3 is 0 Å². The summed E-state index contributed by atoms with van der Waals surface area (Å²) in [6, 6.07) is 0. The van der Waals surface area contributed by atoms with Crippen molar-refractivity contribution in [3.8, 4) is 0 Å². The van der Waals surface area contributed by atoms with Crippen LogP contribution in [0.2, 0.25) is 0 Å². The standard InChI is InChI=1S/C10H18O3/c1-5-6-10(7-8(2)3)13-12-9(4)11/h5,8,10H,1,6-7H2,2-4H3. The molecule has 0 fully saturated rings. The van der Waals surface area contributed by atoms with Crippen molar-refractivity contribution in [1.29, 1.82) is 0 Å². The van der Waals surface area contributed by atoms with Gasteiger partial charge in [0.05, 0.1) is 0 Å². The first-order chi connectivity index (χ1) is 6.06. The molecule has 1 unspecified atom stereocenters. The van der Waals surface area contributed by atoms with E-state index in [4.69, 9.17) is 4.89 Å². The Labute approximate surface area is 79.7 Å². The molecular weight excluding hydrogens is 168 g/mol. The van der Waals surface area contributed by atoms with E-state index < -0.39 is 5.97 Å². The fourth-order valence-corrected chi connectivity index (χ4v) is 1.02. The third kappa shape index (κ3) is 7.53. The van der Waals surface area contributed by atoms with Crippen molar-refractivity contribution in [3.63, 3.8) is 0 Å². The Hall–Kier alpha value is -0.830. The molecule has 0 saturated heterocycles. The van der Waals surface area contributed by atoms with Crippen LogP contribution in [0.5, 0.6) is 0 Å². The summed E-state index contributed by atoms with van der Waals surface area (Å²) in [5.74, 6) is 0.0957. The predicted molar refractivity (Wildman–Crippen MR) is 50.9 cm³/mol. The van der Waals surface area contributed by atoms with Gasteiger partial charge in [0, 0.05) is 6.92 Å². The van der Waals surface area contributed by atoms with Gasteiger partial charge in [-0.25, -0.2) is 4.79 Å². The van der Waals surface area contributed by atoms with E-state index in [9.17, 15) is 4.79 Å². The molecular formula is C10H18O3. The van der Waals surface area contributed by atoms with E-state index in [1.54, 1.807) is 6.08 Å². The SMILES string of the molecule is C=CCC(CC(C)C)OOC(C)=O. The summed E-state index contributed by atoms with van der Waals surface area (Å²) in [6.07, 6.45) is 3.25. The average molecular weight is 186 g/mol. The second-order valence-corrected chi connectivity index (χ2v) is 3.45. The van der Waals surface area contributed by atoms with Gasteiger partial charge in [0.15, 0.2) is 0 Å². The lowest BCUT2D eigenvalue weighted by molar-refractivity contribution is -0.297. The van der Waals surface area contributed by atoms with Crippen LogP contribution in [0.15, 0.2) is 12.7 Å². The first-order valence-electron chi connectivity index (χ1n) is 4.51. The fraction of sp³-hybridized carbons (Fsp3) is 0.700.